The van der Waals surface area contributed by atoms with Gasteiger partial charge in [-0.05, 0) is 180 Å². The minimum absolute atomic E-state index is 0.426. The summed E-state index contributed by atoms with van der Waals surface area (Å²) in [5.41, 5.74) is 23.6. The van der Waals surface area contributed by atoms with Crippen molar-refractivity contribution in [2.75, 3.05) is 0 Å². The van der Waals surface area contributed by atoms with E-state index >= 15 is 0 Å². The van der Waals surface area contributed by atoms with E-state index in [9.17, 15) is 15.8 Å². The van der Waals surface area contributed by atoms with E-state index in [1.165, 1.54) is 168 Å². The molecule has 0 amide bonds. The zero-order chi connectivity index (χ0) is 90.6. The van der Waals surface area contributed by atoms with Gasteiger partial charge in [0, 0.05) is 206 Å². The van der Waals surface area contributed by atoms with Crippen molar-refractivity contribution in [2.45, 2.75) is 0 Å². The third-order valence-corrected chi connectivity index (χ3v) is 30.8. The molecular formula is C120H68N12S4. The summed E-state index contributed by atoms with van der Waals surface area (Å²) >= 11 is 7.46. The van der Waals surface area contributed by atoms with Crippen LogP contribution < -0.4 is 0 Å². The van der Waals surface area contributed by atoms with Crippen molar-refractivity contribution < 1.29 is 0 Å². The molecule has 0 saturated carbocycles. The SMILES string of the molecule is N#Cc1ccc(-c2cccc(-n3c4ccccc4c4c5sc6ccccc6c5ccc43)c2)cn1.N#Cc1ccncc1-c1cccc(-n2c3ccccc3c3c4sc5ccccc5c4ccc32)c1.N#Cc1cncc(-c2cccc(-n3c4ccccc4c4c5sc6ccccc6c5ccc43)c2)c1.N#Cc1ncccc1-c1cccc(-n2c3ccccc3c3c4sc5ccccc5c4ccc32)c1. The quantitative estimate of drug-likeness (QED) is 0.145. The maximum absolute atomic E-state index is 9.59. The molecule has 16 heteroatoms. The molecule has 0 aliphatic rings. The Morgan fingerprint density at radius 2 is 0.596 bits per heavy atom. The van der Waals surface area contributed by atoms with E-state index in [-0.39, 0.29) is 0 Å². The summed E-state index contributed by atoms with van der Waals surface area (Å²) in [5, 5.41) is 58.2. The van der Waals surface area contributed by atoms with E-state index < -0.39 is 0 Å². The number of nitrogens with zero attached hydrogens (tertiary/aromatic N) is 12. The monoisotopic (exact) mass is 1800 g/mol. The molecule has 28 rings (SSSR count). The van der Waals surface area contributed by atoms with Crippen molar-refractivity contribution in [1.82, 2.24) is 38.2 Å². The van der Waals surface area contributed by atoms with Crippen LogP contribution in [0, 0.1) is 45.3 Å². The van der Waals surface area contributed by atoms with Crippen LogP contribution in [0.25, 0.3) is 235 Å². The second-order valence-electron chi connectivity index (χ2n) is 33.5. The molecule has 12 nitrogen and oxygen atoms in total. The molecule has 0 radical (unpaired) electrons. The van der Waals surface area contributed by atoms with Gasteiger partial charge in [-0.1, -0.05) is 218 Å². The number of rotatable bonds is 8. The summed E-state index contributed by atoms with van der Waals surface area (Å²) in [7, 11) is 0. The molecule has 0 atom stereocenters. The third-order valence-electron chi connectivity index (χ3n) is 26.0. The van der Waals surface area contributed by atoms with Gasteiger partial charge in [-0.2, -0.15) is 21.0 Å². The minimum Gasteiger partial charge on any atom is -0.309 e. The average Bonchev–Trinajstić information content (AvgIpc) is 1.58. The first-order valence-electron chi connectivity index (χ1n) is 44.5. The predicted molar refractivity (Wildman–Crippen MR) is 566 cm³/mol. The van der Waals surface area contributed by atoms with Crippen molar-refractivity contribution >= 4 is 213 Å². The average molecular weight is 1810 g/mol. The molecule has 28 aromatic rings. The number of benzene rings is 16. The van der Waals surface area contributed by atoms with Gasteiger partial charge in [-0.15, -0.1) is 45.3 Å². The Hall–Kier alpha value is -17.8. The summed E-state index contributed by atoms with van der Waals surface area (Å²) < 4.78 is 19.9. The molecule has 16 aromatic carbocycles. The Labute approximate surface area is 793 Å². The highest BCUT2D eigenvalue weighted by Crippen LogP contribution is 2.50. The summed E-state index contributed by atoms with van der Waals surface area (Å²) in [6.45, 7) is 0. The Bertz CT molecular complexity index is 9720. The van der Waals surface area contributed by atoms with Crippen molar-refractivity contribution in [3.05, 3.63) is 436 Å². The van der Waals surface area contributed by atoms with E-state index in [2.05, 4.69) is 390 Å². The Kier molecular flexibility index (Phi) is 19.6. The lowest BCUT2D eigenvalue weighted by Gasteiger charge is -2.11. The molecule has 12 aromatic heterocycles. The summed E-state index contributed by atoms with van der Waals surface area (Å²) in [4.78, 5) is 17.0. The van der Waals surface area contributed by atoms with Crippen LogP contribution in [0.1, 0.15) is 22.5 Å². The minimum atomic E-state index is 0.426. The van der Waals surface area contributed by atoms with Gasteiger partial charge < -0.3 is 18.3 Å². The molecule has 632 valence electrons. The van der Waals surface area contributed by atoms with Gasteiger partial charge in [0.1, 0.15) is 29.6 Å². The van der Waals surface area contributed by atoms with Gasteiger partial charge in [0.25, 0.3) is 0 Å². The molecule has 0 spiro atoms. The Balaban J connectivity index is 0.0000000965. The fourth-order valence-electron chi connectivity index (χ4n) is 20.1. The molecule has 0 saturated heterocycles. The highest BCUT2D eigenvalue weighted by atomic mass is 32.1. The Morgan fingerprint density at radius 1 is 0.221 bits per heavy atom. The zero-order valence-corrected chi connectivity index (χ0v) is 75.5. The smallest absolute Gasteiger partial charge is 0.148 e. The number of hydrogen-bond acceptors (Lipinski definition) is 12. The molecular weight excluding hydrogens is 1740 g/mol. The lowest BCUT2D eigenvalue weighted by molar-refractivity contribution is 1.18. The van der Waals surface area contributed by atoms with Crippen molar-refractivity contribution in [3.8, 4) is 91.5 Å². The highest BCUT2D eigenvalue weighted by molar-refractivity contribution is 7.28. The second kappa shape index (κ2) is 33.2. The van der Waals surface area contributed by atoms with E-state index in [0.29, 0.717) is 22.5 Å². The van der Waals surface area contributed by atoms with E-state index in [1.54, 1.807) is 43.1 Å². The number of pyridine rings is 4. The first-order chi connectivity index (χ1) is 67.3. The fourth-order valence-corrected chi connectivity index (χ4v) is 25.1. The fraction of sp³-hybridized carbons (Fsp3) is 0. The van der Waals surface area contributed by atoms with Gasteiger partial charge in [-0.25, -0.2) is 9.97 Å². The van der Waals surface area contributed by atoms with Crippen LogP contribution in [0.5, 0.6) is 0 Å². The molecule has 0 bridgehead atoms. The highest BCUT2D eigenvalue weighted by Gasteiger charge is 2.25. The molecule has 0 N–H and O–H groups in total. The van der Waals surface area contributed by atoms with Crippen LogP contribution in [0.15, 0.2) is 413 Å². The number of para-hydroxylation sites is 4. The first-order valence-corrected chi connectivity index (χ1v) is 47.7. The maximum atomic E-state index is 9.59. The van der Waals surface area contributed by atoms with Crippen molar-refractivity contribution in [3.63, 3.8) is 0 Å². The van der Waals surface area contributed by atoms with E-state index in [1.807, 2.05) is 87.9 Å². The van der Waals surface area contributed by atoms with Gasteiger partial charge in [0.05, 0.1) is 61.3 Å². The van der Waals surface area contributed by atoms with Crippen molar-refractivity contribution in [2.24, 2.45) is 0 Å². The lowest BCUT2D eigenvalue weighted by Crippen LogP contribution is -1.95. The van der Waals surface area contributed by atoms with Crippen LogP contribution >= 0.6 is 45.3 Å². The normalized spacial score (nSPS) is 11.5. The van der Waals surface area contributed by atoms with Crippen molar-refractivity contribution in [1.29, 1.82) is 21.0 Å². The number of fused-ring (bicyclic) bond motifs is 28. The molecule has 0 fully saturated rings. The summed E-state index contributed by atoms with van der Waals surface area (Å²) in [5.74, 6) is 0. The van der Waals surface area contributed by atoms with Gasteiger partial charge in [0.2, 0.25) is 0 Å². The van der Waals surface area contributed by atoms with Crippen LogP contribution in [0.3, 0.4) is 0 Å². The van der Waals surface area contributed by atoms with Crippen LogP contribution in [0.2, 0.25) is 0 Å². The topological polar surface area (TPSA) is 166 Å². The van der Waals surface area contributed by atoms with Gasteiger partial charge in [0.15, 0.2) is 0 Å². The summed E-state index contributed by atoms with van der Waals surface area (Å²) in [6, 6.07) is 141. The predicted octanol–water partition coefficient (Wildman–Crippen LogP) is 32.3. The number of nitriles is 4. The number of hydrogen-bond donors (Lipinski definition) is 0. The zero-order valence-electron chi connectivity index (χ0n) is 72.3. The molecule has 0 aliphatic carbocycles. The Morgan fingerprint density at radius 3 is 0.978 bits per heavy atom. The molecule has 136 heavy (non-hydrogen) atoms. The van der Waals surface area contributed by atoms with Crippen LogP contribution in [0.4, 0.5) is 0 Å². The summed E-state index contributed by atoms with van der Waals surface area (Å²) in [6.07, 6.45) is 10.3. The largest absolute Gasteiger partial charge is 0.309 e. The van der Waals surface area contributed by atoms with Crippen LogP contribution in [-0.2, 0) is 0 Å². The van der Waals surface area contributed by atoms with E-state index in [4.69, 9.17) is 5.26 Å². The van der Waals surface area contributed by atoms with Gasteiger partial charge >= 0.3 is 0 Å². The van der Waals surface area contributed by atoms with E-state index in [0.717, 1.165) is 67.3 Å². The molecule has 0 aliphatic heterocycles. The molecule has 0 unspecified atom stereocenters. The van der Waals surface area contributed by atoms with Gasteiger partial charge in [-0.3, -0.25) is 9.97 Å². The van der Waals surface area contributed by atoms with Crippen LogP contribution in [-0.4, -0.2) is 38.2 Å². The second-order valence-corrected chi connectivity index (χ2v) is 37.7. The number of thiophene rings is 4. The first kappa shape index (κ1) is 80.3. The third kappa shape index (κ3) is 13.3. The maximum Gasteiger partial charge on any atom is 0.148 e. The molecule has 12 heterocycles. The standard InChI is InChI=1S/4C30H17N3S/c31-18-25-21(11-6-16-32-25)19-7-5-8-20(17-19)33-26-12-3-1-10-24(26)29-27(33)15-14-23-22-9-2-4-13-28(22)34-30(23)29;31-16-19-14-21(18-32-17-19)20-6-5-7-22(15-20)33-26-10-3-1-9-25(26)29-27(33)13-12-24-23-8-2-4-11-28(23)34-30(24)29;31-17-20-14-15-32-18-25(20)19-6-5-7-21(16-19)33-26-10-3-1-9-24(26)29-27(33)13-12-23-22-8-2-4-11-28(22)34-30(23)29;31-17-21-13-12-20(18-32-21)19-6-5-7-22(16-19)33-26-10-3-1-9-25(26)29-27(33)15-14-24-23-8-2-4-11-28(23)34-30(24)29/h1-17H;1-15,17-18H;2*1-16,18H. The number of aromatic nitrogens is 8. The lowest BCUT2D eigenvalue weighted by atomic mass is 10.0.